The fraction of sp³-hybridized carbons (Fsp3) is 0.158. The van der Waals surface area contributed by atoms with E-state index in [1.807, 2.05) is 81.0 Å². The van der Waals surface area contributed by atoms with Gasteiger partial charge < -0.3 is 10.4 Å². The fourth-order valence-electron chi connectivity index (χ4n) is 2.65. The van der Waals surface area contributed by atoms with Gasteiger partial charge in [0, 0.05) is 17.7 Å². The zero-order valence-electron chi connectivity index (χ0n) is 14.7. The summed E-state index contributed by atoms with van der Waals surface area (Å²) in [7, 11) is 0. The lowest BCUT2D eigenvalue weighted by atomic mass is 10.2. The molecule has 0 amide bonds. The first kappa shape index (κ1) is 18.3. The SMILES string of the molecule is O/N=C\c1cc[n+](COCn2cc[n+](Cc3ccccc3)c2/C=N\O)cc1. The van der Waals surface area contributed by atoms with Crippen molar-refractivity contribution in [1.82, 2.24) is 4.57 Å². The van der Waals surface area contributed by atoms with E-state index in [0.717, 1.165) is 17.0 Å². The third kappa shape index (κ3) is 4.99. The molecule has 138 valence electrons. The summed E-state index contributed by atoms with van der Waals surface area (Å²) in [5.41, 5.74) is 1.94. The molecule has 0 saturated heterocycles. The van der Waals surface area contributed by atoms with Crippen molar-refractivity contribution in [2.75, 3.05) is 0 Å². The van der Waals surface area contributed by atoms with E-state index in [1.165, 1.54) is 12.4 Å². The Labute approximate surface area is 156 Å². The van der Waals surface area contributed by atoms with Crippen molar-refractivity contribution in [1.29, 1.82) is 0 Å². The van der Waals surface area contributed by atoms with Crippen LogP contribution < -0.4 is 9.13 Å². The molecule has 3 aromatic rings. The third-order valence-corrected chi connectivity index (χ3v) is 3.98. The van der Waals surface area contributed by atoms with Crippen molar-refractivity contribution in [3.63, 3.8) is 0 Å². The Morgan fingerprint density at radius 1 is 0.963 bits per heavy atom. The molecular weight excluding hydrogens is 346 g/mol. The number of rotatable bonds is 8. The summed E-state index contributed by atoms with van der Waals surface area (Å²) in [6.07, 6.45) is 10.2. The summed E-state index contributed by atoms with van der Waals surface area (Å²) in [5, 5.41) is 23.7. The number of pyridine rings is 1. The van der Waals surface area contributed by atoms with Gasteiger partial charge in [0.15, 0.2) is 25.3 Å². The van der Waals surface area contributed by atoms with Crippen LogP contribution in [0.15, 0.2) is 77.6 Å². The maximum atomic E-state index is 9.00. The molecular formula is C19H21N5O3+2. The van der Waals surface area contributed by atoms with Crippen LogP contribution in [0.5, 0.6) is 0 Å². The van der Waals surface area contributed by atoms with Crippen molar-refractivity contribution in [3.8, 4) is 0 Å². The van der Waals surface area contributed by atoms with Gasteiger partial charge in [-0.05, 0) is 5.56 Å². The predicted molar refractivity (Wildman–Crippen MR) is 96.7 cm³/mol. The van der Waals surface area contributed by atoms with Gasteiger partial charge in [0.25, 0.3) is 6.73 Å². The van der Waals surface area contributed by atoms with Crippen LogP contribution in [-0.4, -0.2) is 27.4 Å². The number of oxime groups is 2. The summed E-state index contributed by atoms with van der Waals surface area (Å²) in [5.74, 6) is 0.723. The molecule has 8 nitrogen and oxygen atoms in total. The minimum atomic E-state index is 0.302. The van der Waals surface area contributed by atoms with Gasteiger partial charge in [-0.1, -0.05) is 40.6 Å². The molecule has 0 aliphatic heterocycles. The Bertz CT molecular complexity index is 905. The van der Waals surface area contributed by atoms with Crippen molar-refractivity contribution in [3.05, 3.63) is 84.2 Å². The second-order valence-corrected chi connectivity index (χ2v) is 5.84. The van der Waals surface area contributed by atoms with Crippen LogP contribution in [0.2, 0.25) is 0 Å². The Morgan fingerprint density at radius 2 is 1.70 bits per heavy atom. The highest BCUT2D eigenvalue weighted by Crippen LogP contribution is 2.01. The van der Waals surface area contributed by atoms with Crippen molar-refractivity contribution >= 4 is 12.4 Å². The molecule has 8 heteroatoms. The van der Waals surface area contributed by atoms with Crippen LogP contribution in [0.3, 0.4) is 0 Å². The molecule has 0 fully saturated rings. The number of nitrogens with zero attached hydrogens (tertiary/aromatic N) is 5. The summed E-state index contributed by atoms with van der Waals surface area (Å²) >= 11 is 0. The highest BCUT2D eigenvalue weighted by molar-refractivity contribution is 5.78. The van der Waals surface area contributed by atoms with Crippen molar-refractivity contribution in [2.45, 2.75) is 20.0 Å². The summed E-state index contributed by atoms with van der Waals surface area (Å²) < 4.78 is 11.4. The minimum Gasteiger partial charge on any atom is -0.411 e. The molecule has 0 radical (unpaired) electrons. The number of imidazole rings is 1. The van der Waals surface area contributed by atoms with E-state index in [4.69, 9.17) is 15.2 Å². The molecule has 0 unspecified atom stereocenters. The highest BCUT2D eigenvalue weighted by atomic mass is 16.5. The molecule has 3 rings (SSSR count). The first-order valence-electron chi connectivity index (χ1n) is 8.34. The van der Waals surface area contributed by atoms with E-state index in [0.29, 0.717) is 20.0 Å². The largest absolute Gasteiger partial charge is 0.411 e. The molecule has 27 heavy (non-hydrogen) atoms. The lowest BCUT2D eigenvalue weighted by Gasteiger charge is -2.02. The molecule has 0 atom stereocenters. The molecule has 1 aromatic carbocycles. The first-order chi connectivity index (χ1) is 13.3. The van der Waals surface area contributed by atoms with Gasteiger partial charge in [-0.25, -0.2) is 9.13 Å². The molecule has 2 heterocycles. The Kier molecular flexibility index (Phi) is 6.26. The Hall–Kier alpha value is -3.52. The zero-order chi connectivity index (χ0) is 18.9. The van der Waals surface area contributed by atoms with Gasteiger partial charge in [0.2, 0.25) is 0 Å². The summed E-state index contributed by atoms with van der Waals surface area (Å²) in [6, 6.07) is 13.7. The maximum absolute atomic E-state index is 9.00. The number of ether oxygens (including phenoxy) is 1. The molecule has 0 aliphatic rings. The number of hydrogen-bond donors (Lipinski definition) is 2. The minimum absolute atomic E-state index is 0.302. The maximum Gasteiger partial charge on any atom is 0.305 e. The van der Waals surface area contributed by atoms with Crippen LogP contribution in [0.4, 0.5) is 0 Å². The standard InChI is InChI=1S/C19H19N5O3/c25-20-12-17-6-8-22(9-7-17)15-27-16-24-11-10-23(19(24)13-21-26)14-18-4-2-1-3-5-18/h1-13H,14-16H2/p+2. The molecule has 2 aromatic heterocycles. The zero-order valence-corrected chi connectivity index (χ0v) is 14.7. The first-order valence-corrected chi connectivity index (χ1v) is 8.34. The van der Waals surface area contributed by atoms with Crippen molar-refractivity contribution < 1.29 is 24.3 Å². The molecule has 2 N–H and O–H groups in total. The fourth-order valence-corrected chi connectivity index (χ4v) is 2.65. The highest BCUT2D eigenvalue weighted by Gasteiger charge is 2.16. The quantitative estimate of drug-likeness (QED) is 0.273. The van der Waals surface area contributed by atoms with E-state index in [-0.39, 0.29) is 0 Å². The summed E-state index contributed by atoms with van der Waals surface area (Å²) in [6.45, 7) is 1.32. The van der Waals surface area contributed by atoms with Gasteiger partial charge in [0.1, 0.15) is 18.9 Å². The van der Waals surface area contributed by atoms with Crippen LogP contribution in [0.25, 0.3) is 0 Å². The molecule has 0 spiro atoms. The van der Waals surface area contributed by atoms with Gasteiger partial charge >= 0.3 is 5.82 Å². The molecule has 0 aliphatic carbocycles. The molecule has 0 bridgehead atoms. The Morgan fingerprint density at radius 3 is 2.41 bits per heavy atom. The third-order valence-electron chi connectivity index (χ3n) is 3.98. The number of aromatic nitrogens is 3. The average molecular weight is 367 g/mol. The van der Waals surface area contributed by atoms with Gasteiger partial charge in [-0.15, -0.1) is 0 Å². The van der Waals surface area contributed by atoms with Crippen LogP contribution in [-0.2, 0) is 24.7 Å². The van der Waals surface area contributed by atoms with Crippen LogP contribution >= 0.6 is 0 Å². The predicted octanol–water partition coefficient (Wildman–Crippen LogP) is 1.36. The second kappa shape index (κ2) is 9.25. The van der Waals surface area contributed by atoms with Gasteiger partial charge in [-0.2, -0.15) is 4.57 Å². The monoisotopic (exact) mass is 367 g/mol. The lowest BCUT2D eigenvalue weighted by molar-refractivity contribution is -0.734. The van der Waals surface area contributed by atoms with Crippen molar-refractivity contribution in [2.24, 2.45) is 10.3 Å². The lowest BCUT2D eigenvalue weighted by Crippen LogP contribution is -2.38. The Balaban J connectivity index is 1.64. The molecule has 0 saturated carbocycles. The number of hydrogen-bond acceptors (Lipinski definition) is 5. The second-order valence-electron chi connectivity index (χ2n) is 5.84. The smallest absolute Gasteiger partial charge is 0.305 e. The van der Waals surface area contributed by atoms with Gasteiger partial charge in [-0.3, -0.25) is 4.74 Å². The normalized spacial score (nSPS) is 11.6. The topological polar surface area (TPSA) is 87.1 Å². The van der Waals surface area contributed by atoms with E-state index in [2.05, 4.69) is 10.3 Å². The van der Waals surface area contributed by atoms with E-state index >= 15 is 0 Å². The van der Waals surface area contributed by atoms with Crippen LogP contribution in [0, 0.1) is 0 Å². The number of benzene rings is 1. The van der Waals surface area contributed by atoms with Gasteiger partial charge in [0.05, 0.1) is 6.21 Å². The van der Waals surface area contributed by atoms with E-state index in [9.17, 15) is 0 Å². The van der Waals surface area contributed by atoms with E-state index < -0.39 is 0 Å². The summed E-state index contributed by atoms with van der Waals surface area (Å²) in [4.78, 5) is 0. The van der Waals surface area contributed by atoms with E-state index in [1.54, 1.807) is 0 Å². The average Bonchev–Trinajstić information content (AvgIpc) is 3.06. The van der Waals surface area contributed by atoms with Crippen LogP contribution in [0.1, 0.15) is 17.0 Å².